The lowest BCUT2D eigenvalue weighted by atomic mass is 9.60. The van der Waals surface area contributed by atoms with E-state index in [-0.39, 0.29) is 35.7 Å². The highest BCUT2D eigenvalue weighted by atomic mass is 35.5. The first kappa shape index (κ1) is 23.8. The van der Waals surface area contributed by atoms with Crippen LogP contribution >= 0.6 is 34.8 Å². The molecule has 180 valence electrons. The van der Waals surface area contributed by atoms with Crippen molar-refractivity contribution < 1.29 is 9.59 Å². The van der Waals surface area contributed by atoms with Gasteiger partial charge in [0.1, 0.15) is 5.54 Å². The molecule has 1 aliphatic heterocycles. The van der Waals surface area contributed by atoms with Gasteiger partial charge in [-0.2, -0.15) is 0 Å². The molecule has 2 saturated carbocycles. The zero-order chi connectivity index (χ0) is 23.9. The Morgan fingerprint density at radius 2 is 1.68 bits per heavy atom. The highest BCUT2D eigenvalue weighted by molar-refractivity contribution is 6.35. The van der Waals surface area contributed by atoms with Gasteiger partial charge in [-0.15, -0.1) is 0 Å². The van der Waals surface area contributed by atoms with Crippen molar-refractivity contribution in [3.05, 3.63) is 68.7 Å². The van der Waals surface area contributed by atoms with Gasteiger partial charge < -0.3 is 16.0 Å². The van der Waals surface area contributed by atoms with Crippen LogP contribution in [0.2, 0.25) is 15.1 Å². The van der Waals surface area contributed by atoms with Crippen molar-refractivity contribution in [2.24, 2.45) is 5.92 Å². The van der Waals surface area contributed by atoms with Crippen LogP contribution in [0.4, 0.5) is 4.79 Å². The maximum atomic E-state index is 13.3. The number of halogens is 3. The fourth-order valence-corrected chi connectivity index (χ4v) is 6.96. The topological polar surface area (TPSA) is 70.2 Å². The third-order valence-electron chi connectivity index (χ3n) is 7.88. The molecule has 3 N–H and O–H groups in total. The summed E-state index contributed by atoms with van der Waals surface area (Å²) in [6.07, 6.45) is 5.46. The lowest BCUT2D eigenvalue weighted by Gasteiger charge is -2.46. The third-order valence-corrected chi connectivity index (χ3v) is 8.70. The molecule has 2 aromatic carbocycles. The second-order valence-corrected chi connectivity index (χ2v) is 11.0. The van der Waals surface area contributed by atoms with Crippen molar-refractivity contribution in [3.8, 4) is 0 Å². The van der Waals surface area contributed by atoms with Crippen molar-refractivity contribution in [1.82, 2.24) is 16.0 Å². The van der Waals surface area contributed by atoms with Gasteiger partial charge >= 0.3 is 6.03 Å². The Kier molecular flexibility index (Phi) is 6.71. The summed E-state index contributed by atoms with van der Waals surface area (Å²) >= 11 is 19.0. The molecule has 1 saturated heterocycles. The Hall–Kier alpha value is -1.95. The monoisotopic (exact) mass is 519 g/mol. The van der Waals surface area contributed by atoms with E-state index >= 15 is 0 Å². The van der Waals surface area contributed by atoms with Crippen LogP contribution in [0.1, 0.15) is 61.5 Å². The highest BCUT2D eigenvalue weighted by Gasteiger charge is 2.58. The van der Waals surface area contributed by atoms with E-state index in [0.717, 1.165) is 36.8 Å². The van der Waals surface area contributed by atoms with Gasteiger partial charge in [-0.3, -0.25) is 4.79 Å². The maximum Gasteiger partial charge on any atom is 0.315 e. The van der Waals surface area contributed by atoms with E-state index in [2.05, 4.69) is 16.0 Å². The summed E-state index contributed by atoms with van der Waals surface area (Å²) in [4.78, 5) is 26.3. The number of benzene rings is 2. The summed E-state index contributed by atoms with van der Waals surface area (Å²) < 4.78 is 0. The number of urea groups is 1. The number of amides is 3. The number of hydrogen-bond donors (Lipinski definition) is 3. The average molecular weight is 521 g/mol. The molecule has 0 unspecified atom stereocenters. The summed E-state index contributed by atoms with van der Waals surface area (Å²) in [6.45, 7) is 0.484. The number of hydrogen-bond acceptors (Lipinski definition) is 2. The second-order valence-electron chi connectivity index (χ2n) is 9.76. The molecule has 4 atom stereocenters. The predicted molar refractivity (Wildman–Crippen MR) is 136 cm³/mol. The number of nitrogens with one attached hydrogen (secondary N) is 3. The van der Waals surface area contributed by atoms with E-state index in [0.29, 0.717) is 34.5 Å². The van der Waals surface area contributed by atoms with Crippen molar-refractivity contribution in [2.75, 3.05) is 6.54 Å². The summed E-state index contributed by atoms with van der Waals surface area (Å²) in [5.41, 5.74) is 1.11. The van der Waals surface area contributed by atoms with Crippen molar-refractivity contribution in [1.29, 1.82) is 0 Å². The summed E-state index contributed by atoms with van der Waals surface area (Å²) in [5, 5.41) is 11.1. The predicted octanol–water partition coefficient (Wildman–Crippen LogP) is 6.03. The van der Waals surface area contributed by atoms with Crippen molar-refractivity contribution >= 4 is 46.7 Å². The first-order valence-electron chi connectivity index (χ1n) is 11.9. The normalized spacial score (nSPS) is 28.9. The minimum atomic E-state index is -0.970. The van der Waals surface area contributed by atoms with Crippen LogP contribution in [0.15, 0.2) is 42.5 Å². The van der Waals surface area contributed by atoms with Gasteiger partial charge in [0.2, 0.25) is 5.91 Å². The van der Waals surface area contributed by atoms with Crippen molar-refractivity contribution in [3.63, 3.8) is 0 Å². The molecule has 0 aromatic heterocycles. The largest absolute Gasteiger partial charge is 0.354 e. The number of rotatable bonds is 4. The Morgan fingerprint density at radius 3 is 2.38 bits per heavy atom. The first-order chi connectivity index (χ1) is 16.4. The standard InChI is InChI=1S/C26H28Cl3N3O2/c27-16-7-5-15(6-8-16)23-20(19-10-9-17(28)13-22(19)29)11-12-26(21(23)14-30-24(26)33)32-25(34)31-18-3-1-2-4-18/h5-10,13,18,20-21,23H,1-4,11-12,14H2,(H,30,33)(H2,31,32,34)/t20-,21-,23-,26-/m0/s1. The summed E-state index contributed by atoms with van der Waals surface area (Å²) in [6, 6.07) is 13.3. The molecule has 5 nitrogen and oxygen atoms in total. The van der Waals surface area contributed by atoms with Gasteiger partial charge in [0, 0.05) is 33.6 Å². The Balaban J connectivity index is 1.51. The number of carbonyl (C=O) groups is 2. The molecular formula is C26H28Cl3N3O2. The third kappa shape index (κ3) is 4.38. The van der Waals surface area contributed by atoms with Crippen LogP contribution in [0.3, 0.4) is 0 Å². The van der Waals surface area contributed by atoms with E-state index in [4.69, 9.17) is 34.8 Å². The number of carbonyl (C=O) groups excluding carboxylic acids is 2. The summed E-state index contributed by atoms with van der Waals surface area (Å²) in [5.74, 6) is -0.230. The molecule has 0 radical (unpaired) electrons. The van der Waals surface area contributed by atoms with E-state index in [1.807, 2.05) is 36.4 Å². The molecule has 8 heteroatoms. The molecule has 2 aromatic rings. The molecule has 0 spiro atoms. The van der Waals surface area contributed by atoms with Crippen LogP contribution in [0.5, 0.6) is 0 Å². The SMILES string of the molecule is O=C(NC1CCCC1)N[C@@]12CC[C@@H](c3ccc(Cl)cc3Cl)[C@H](c3ccc(Cl)cc3)[C@@H]1CNC2=O. The smallest absolute Gasteiger partial charge is 0.315 e. The summed E-state index contributed by atoms with van der Waals surface area (Å²) in [7, 11) is 0. The van der Waals surface area contributed by atoms with Gasteiger partial charge in [0.05, 0.1) is 0 Å². The molecule has 1 heterocycles. The molecular weight excluding hydrogens is 493 g/mol. The van der Waals surface area contributed by atoms with E-state index in [1.54, 1.807) is 6.07 Å². The minimum absolute atomic E-state index is 0.0459. The molecule has 3 amide bonds. The minimum Gasteiger partial charge on any atom is -0.354 e. The lowest BCUT2D eigenvalue weighted by molar-refractivity contribution is -0.126. The van der Waals surface area contributed by atoms with Gasteiger partial charge in [-0.1, -0.05) is 65.8 Å². The fourth-order valence-electron chi connectivity index (χ4n) is 6.29. The highest BCUT2D eigenvalue weighted by Crippen LogP contribution is 2.54. The molecule has 2 aliphatic carbocycles. The zero-order valence-corrected chi connectivity index (χ0v) is 21.0. The van der Waals surface area contributed by atoms with Gasteiger partial charge in [0.25, 0.3) is 0 Å². The molecule has 34 heavy (non-hydrogen) atoms. The maximum absolute atomic E-state index is 13.3. The van der Waals surface area contributed by atoms with Gasteiger partial charge in [-0.25, -0.2) is 4.79 Å². The quantitative estimate of drug-likeness (QED) is 0.460. The van der Waals surface area contributed by atoms with E-state index < -0.39 is 5.54 Å². The molecule has 0 bridgehead atoms. The van der Waals surface area contributed by atoms with Crippen LogP contribution in [0, 0.1) is 5.92 Å². The van der Waals surface area contributed by atoms with E-state index in [9.17, 15) is 9.59 Å². The van der Waals surface area contributed by atoms with Crippen LogP contribution in [-0.2, 0) is 4.79 Å². The van der Waals surface area contributed by atoms with E-state index in [1.165, 1.54) is 0 Å². The average Bonchev–Trinajstić information content (AvgIpc) is 3.42. The molecule has 3 aliphatic rings. The molecule has 3 fully saturated rings. The van der Waals surface area contributed by atoms with Crippen molar-refractivity contribution in [2.45, 2.75) is 61.9 Å². The first-order valence-corrected chi connectivity index (χ1v) is 13.1. The van der Waals surface area contributed by atoms with Crippen LogP contribution in [0.25, 0.3) is 0 Å². The Bertz CT molecular complexity index is 1090. The van der Waals surface area contributed by atoms with Gasteiger partial charge in [0.15, 0.2) is 0 Å². The van der Waals surface area contributed by atoms with Crippen LogP contribution in [-0.4, -0.2) is 30.1 Å². The Labute approximate surface area is 214 Å². The second kappa shape index (κ2) is 9.60. The van der Waals surface area contributed by atoms with Gasteiger partial charge in [-0.05, 0) is 72.9 Å². The zero-order valence-electron chi connectivity index (χ0n) is 18.8. The number of fused-ring (bicyclic) bond motifs is 1. The lowest BCUT2D eigenvalue weighted by Crippen LogP contribution is -2.63. The fraction of sp³-hybridized carbons (Fsp3) is 0.462. The molecule has 5 rings (SSSR count). The van der Waals surface area contributed by atoms with Crippen LogP contribution < -0.4 is 16.0 Å². The Morgan fingerprint density at radius 1 is 0.971 bits per heavy atom.